The molecule has 0 spiro atoms. The summed E-state index contributed by atoms with van der Waals surface area (Å²) in [4.78, 5) is 4.97. The van der Waals surface area contributed by atoms with E-state index in [4.69, 9.17) is 21.1 Å². The molecule has 1 heterocycles. The van der Waals surface area contributed by atoms with Crippen LogP contribution in [0.15, 0.2) is 30.3 Å². The predicted molar refractivity (Wildman–Crippen MR) is 127 cm³/mol. The largest absolute Gasteiger partial charge is 0.495 e. The number of methoxy groups -OCH3 is 1. The highest BCUT2D eigenvalue weighted by Crippen LogP contribution is 2.30. The molecule has 164 valence electrons. The minimum atomic E-state index is 0.660. The fourth-order valence-corrected chi connectivity index (χ4v) is 4.15. The van der Waals surface area contributed by atoms with E-state index < -0.39 is 0 Å². The van der Waals surface area contributed by atoms with Crippen LogP contribution in [0, 0.1) is 13.8 Å². The Morgan fingerprint density at radius 2 is 1.73 bits per heavy atom. The van der Waals surface area contributed by atoms with Crippen LogP contribution in [0.4, 0.5) is 5.69 Å². The molecule has 0 atom stereocenters. The van der Waals surface area contributed by atoms with Crippen molar-refractivity contribution in [1.82, 2.24) is 4.90 Å². The summed E-state index contributed by atoms with van der Waals surface area (Å²) in [7, 11) is 1.66. The second-order valence-corrected chi connectivity index (χ2v) is 8.48. The number of ether oxygens (including phenoxy) is 2. The van der Waals surface area contributed by atoms with Gasteiger partial charge in [0.05, 0.1) is 18.7 Å². The van der Waals surface area contributed by atoms with Crippen molar-refractivity contribution in [3.63, 3.8) is 0 Å². The van der Waals surface area contributed by atoms with Gasteiger partial charge in [0.1, 0.15) is 11.5 Å². The minimum Gasteiger partial charge on any atom is -0.495 e. The third kappa shape index (κ3) is 5.61. The van der Waals surface area contributed by atoms with Crippen LogP contribution in [0.2, 0.25) is 5.02 Å². The molecular weight excluding hydrogens is 396 g/mol. The fourth-order valence-electron chi connectivity index (χ4n) is 3.96. The van der Waals surface area contributed by atoms with Crippen LogP contribution in [0.3, 0.4) is 0 Å². The van der Waals surface area contributed by atoms with Gasteiger partial charge in [0, 0.05) is 44.5 Å². The van der Waals surface area contributed by atoms with Gasteiger partial charge in [0.15, 0.2) is 0 Å². The standard InChI is InChI=1S/C25H35ClN2O2/c1-5-6-17-30-24-10-7-21(19(2)20(24)3)11-12-27-13-15-28(16-14-27)22-8-9-23(26)25(18-22)29-4/h7-10,18H,5-6,11-17H2,1-4H3. The van der Waals surface area contributed by atoms with E-state index in [1.807, 2.05) is 12.1 Å². The van der Waals surface area contributed by atoms with Crippen molar-refractivity contribution in [2.45, 2.75) is 40.0 Å². The van der Waals surface area contributed by atoms with Gasteiger partial charge in [0.25, 0.3) is 0 Å². The summed E-state index contributed by atoms with van der Waals surface area (Å²) in [5.41, 5.74) is 5.27. The number of nitrogens with zero attached hydrogens (tertiary/aromatic N) is 2. The van der Waals surface area contributed by atoms with Gasteiger partial charge in [-0.1, -0.05) is 31.0 Å². The second kappa shape index (κ2) is 10.9. The second-order valence-electron chi connectivity index (χ2n) is 8.07. The zero-order valence-electron chi connectivity index (χ0n) is 18.8. The summed E-state index contributed by atoms with van der Waals surface area (Å²) >= 11 is 6.16. The summed E-state index contributed by atoms with van der Waals surface area (Å²) in [6.45, 7) is 12.7. The van der Waals surface area contributed by atoms with Crippen molar-refractivity contribution < 1.29 is 9.47 Å². The molecule has 5 heteroatoms. The Bertz CT molecular complexity index is 832. The molecule has 30 heavy (non-hydrogen) atoms. The van der Waals surface area contributed by atoms with Gasteiger partial charge in [-0.15, -0.1) is 0 Å². The van der Waals surface area contributed by atoms with Gasteiger partial charge in [-0.3, -0.25) is 4.90 Å². The molecule has 0 aromatic heterocycles. The van der Waals surface area contributed by atoms with Gasteiger partial charge in [-0.05, 0) is 61.6 Å². The summed E-state index contributed by atoms with van der Waals surface area (Å²) in [5, 5.41) is 0.660. The first kappa shape index (κ1) is 22.8. The first-order chi connectivity index (χ1) is 14.5. The van der Waals surface area contributed by atoms with Crippen LogP contribution < -0.4 is 14.4 Å². The molecule has 0 bridgehead atoms. The third-order valence-electron chi connectivity index (χ3n) is 6.17. The first-order valence-corrected chi connectivity index (χ1v) is 11.4. The van der Waals surface area contributed by atoms with Gasteiger partial charge in [0.2, 0.25) is 0 Å². The van der Waals surface area contributed by atoms with Crippen LogP contribution in [0.5, 0.6) is 11.5 Å². The number of anilines is 1. The lowest BCUT2D eigenvalue weighted by Gasteiger charge is -2.36. The van der Waals surface area contributed by atoms with Crippen molar-refractivity contribution in [3.8, 4) is 11.5 Å². The summed E-state index contributed by atoms with van der Waals surface area (Å²) in [6, 6.07) is 10.4. The van der Waals surface area contributed by atoms with Gasteiger partial charge in [-0.2, -0.15) is 0 Å². The number of hydrogen-bond acceptors (Lipinski definition) is 4. The molecule has 0 N–H and O–H groups in total. The topological polar surface area (TPSA) is 24.9 Å². The fraction of sp³-hybridized carbons (Fsp3) is 0.520. The number of benzene rings is 2. The maximum atomic E-state index is 6.16. The Labute approximate surface area is 186 Å². The van der Waals surface area contributed by atoms with Crippen LogP contribution in [0.25, 0.3) is 0 Å². The molecule has 1 fully saturated rings. The highest BCUT2D eigenvalue weighted by Gasteiger charge is 2.18. The van der Waals surface area contributed by atoms with Crippen LogP contribution in [0.1, 0.15) is 36.5 Å². The van der Waals surface area contributed by atoms with E-state index in [1.54, 1.807) is 7.11 Å². The maximum absolute atomic E-state index is 6.16. The zero-order chi connectivity index (χ0) is 21.5. The van der Waals surface area contributed by atoms with Crippen LogP contribution >= 0.6 is 11.6 Å². The molecule has 2 aromatic rings. The molecule has 0 radical (unpaired) electrons. The van der Waals surface area contributed by atoms with Crippen molar-refractivity contribution in [3.05, 3.63) is 52.0 Å². The van der Waals surface area contributed by atoms with Crippen LogP contribution in [-0.4, -0.2) is 51.3 Å². The lowest BCUT2D eigenvalue weighted by atomic mass is 9.99. The predicted octanol–water partition coefficient (Wildman–Crippen LogP) is 5.51. The van der Waals surface area contributed by atoms with Crippen molar-refractivity contribution in [1.29, 1.82) is 0 Å². The van der Waals surface area contributed by atoms with E-state index in [9.17, 15) is 0 Å². The molecule has 1 aliphatic rings. The van der Waals surface area contributed by atoms with Gasteiger partial charge in [-0.25, -0.2) is 0 Å². The van der Waals surface area contributed by atoms with E-state index in [0.717, 1.165) is 70.1 Å². The Hall–Kier alpha value is -1.91. The van der Waals surface area contributed by atoms with Crippen LogP contribution in [-0.2, 0) is 6.42 Å². The molecule has 1 aliphatic heterocycles. The number of rotatable bonds is 9. The van der Waals surface area contributed by atoms with E-state index in [1.165, 1.54) is 22.4 Å². The molecule has 0 amide bonds. The van der Waals surface area contributed by atoms with Gasteiger partial charge < -0.3 is 14.4 Å². The number of piperazine rings is 1. The zero-order valence-corrected chi connectivity index (χ0v) is 19.6. The molecule has 0 aliphatic carbocycles. The summed E-state index contributed by atoms with van der Waals surface area (Å²) in [6.07, 6.45) is 3.35. The number of halogens is 1. The maximum Gasteiger partial charge on any atom is 0.139 e. The Morgan fingerprint density at radius 1 is 0.967 bits per heavy atom. The average molecular weight is 431 g/mol. The van der Waals surface area contributed by atoms with Crippen molar-refractivity contribution in [2.75, 3.05) is 51.3 Å². The highest BCUT2D eigenvalue weighted by atomic mass is 35.5. The van der Waals surface area contributed by atoms with E-state index in [-0.39, 0.29) is 0 Å². The summed E-state index contributed by atoms with van der Waals surface area (Å²) in [5.74, 6) is 1.78. The molecule has 2 aromatic carbocycles. The first-order valence-electron chi connectivity index (χ1n) is 11.1. The minimum absolute atomic E-state index is 0.660. The molecule has 3 rings (SSSR count). The average Bonchev–Trinajstić information content (AvgIpc) is 2.77. The lowest BCUT2D eigenvalue weighted by Crippen LogP contribution is -2.47. The van der Waals surface area contributed by atoms with E-state index >= 15 is 0 Å². The quantitative estimate of drug-likeness (QED) is 0.490. The molecule has 0 unspecified atom stereocenters. The number of hydrogen-bond donors (Lipinski definition) is 0. The van der Waals surface area contributed by atoms with E-state index in [0.29, 0.717) is 5.02 Å². The van der Waals surface area contributed by atoms with Crippen molar-refractivity contribution in [2.24, 2.45) is 0 Å². The molecular formula is C25H35ClN2O2. The molecule has 4 nitrogen and oxygen atoms in total. The Balaban J connectivity index is 1.51. The summed E-state index contributed by atoms with van der Waals surface area (Å²) < 4.78 is 11.3. The smallest absolute Gasteiger partial charge is 0.139 e. The van der Waals surface area contributed by atoms with Crippen molar-refractivity contribution >= 4 is 17.3 Å². The normalized spacial score (nSPS) is 14.8. The third-order valence-corrected chi connectivity index (χ3v) is 6.49. The number of unbranched alkanes of at least 4 members (excludes halogenated alkanes) is 1. The molecule has 0 saturated carbocycles. The monoisotopic (exact) mass is 430 g/mol. The Morgan fingerprint density at radius 3 is 2.43 bits per heavy atom. The SMILES string of the molecule is CCCCOc1ccc(CCN2CCN(c3ccc(Cl)c(OC)c3)CC2)c(C)c1C. The van der Waals surface area contributed by atoms with E-state index in [2.05, 4.69) is 48.8 Å². The Kier molecular flexibility index (Phi) is 8.29. The molecule has 1 saturated heterocycles. The van der Waals surface area contributed by atoms with Gasteiger partial charge >= 0.3 is 0 Å². The highest BCUT2D eigenvalue weighted by molar-refractivity contribution is 6.32. The lowest BCUT2D eigenvalue weighted by molar-refractivity contribution is 0.260.